The van der Waals surface area contributed by atoms with Gasteiger partial charge in [0.2, 0.25) is 0 Å². The van der Waals surface area contributed by atoms with Crippen LogP contribution >= 0.6 is 0 Å². The Morgan fingerprint density at radius 3 is 2.55 bits per heavy atom. The molecule has 2 rings (SSSR count). The van der Waals surface area contributed by atoms with Gasteiger partial charge in [0.25, 0.3) is 0 Å². The van der Waals surface area contributed by atoms with Crippen LogP contribution in [0.1, 0.15) is 15.9 Å². The van der Waals surface area contributed by atoms with Crippen LogP contribution in [0.15, 0.2) is 61.2 Å². The SMILES string of the molecule is C=CCNC(=O)Oc1ccc(C(=O)c2ccccc2)c(O)c1. The lowest BCUT2D eigenvalue weighted by molar-refractivity contribution is 0.103. The number of phenolic OH excluding ortho intramolecular Hbond substituents is 1. The summed E-state index contributed by atoms with van der Waals surface area (Å²) in [6, 6.07) is 12.7. The van der Waals surface area contributed by atoms with Crippen molar-refractivity contribution in [1.82, 2.24) is 5.32 Å². The van der Waals surface area contributed by atoms with Gasteiger partial charge in [0, 0.05) is 18.2 Å². The van der Waals surface area contributed by atoms with Gasteiger partial charge in [0.05, 0.1) is 5.56 Å². The number of nitrogens with one attached hydrogen (secondary N) is 1. The van der Waals surface area contributed by atoms with E-state index in [0.29, 0.717) is 5.56 Å². The highest BCUT2D eigenvalue weighted by atomic mass is 16.6. The van der Waals surface area contributed by atoms with Gasteiger partial charge >= 0.3 is 6.09 Å². The number of hydrogen-bond donors (Lipinski definition) is 2. The van der Waals surface area contributed by atoms with Crippen molar-refractivity contribution in [3.05, 3.63) is 72.3 Å². The molecule has 5 nitrogen and oxygen atoms in total. The minimum atomic E-state index is -0.665. The summed E-state index contributed by atoms with van der Waals surface area (Å²) in [5.41, 5.74) is 0.611. The van der Waals surface area contributed by atoms with Crippen molar-refractivity contribution in [3.63, 3.8) is 0 Å². The second kappa shape index (κ2) is 7.08. The molecule has 1 amide bonds. The molecular formula is C17H15NO4. The molecule has 22 heavy (non-hydrogen) atoms. The van der Waals surface area contributed by atoms with Crippen LogP contribution in [-0.4, -0.2) is 23.5 Å². The first-order valence-electron chi connectivity index (χ1n) is 6.61. The molecule has 0 fully saturated rings. The molecule has 0 heterocycles. The minimum absolute atomic E-state index is 0.142. The maximum absolute atomic E-state index is 12.3. The van der Waals surface area contributed by atoms with E-state index in [1.54, 1.807) is 30.3 Å². The average molecular weight is 297 g/mol. The summed E-state index contributed by atoms with van der Waals surface area (Å²) in [4.78, 5) is 23.6. The third-order valence-electron chi connectivity index (χ3n) is 2.85. The highest BCUT2D eigenvalue weighted by Gasteiger charge is 2.14. The maximum Gasteiger partial charge on any atom is 0.412 e. The third-order valence-corrected chi connectivity index (χ3v) is 2.85. The van der Waals surface area contributed by atoms with E-state index < -0.39 is 6.09 Å². The van der Waals surface area contributed by atoms with Crippen LogP contribution in [0.4, 0.5) is 4.79 Å². The molecule has 0 bridgehead atoms. The van der Waals surface area contributed by atoms with Crippen molar-refractivity contribution in [2.45, 2.75) is 0 Å². The average Bonchev–Trinajstić information content (AvgIpc) is 2.53. The normalized spacial score (nSPS) is 9.82. The molecule has 112 valence electrons. The highest BCUT2D eigenvalue weighted by molar-refractivity contribution is 6.10. The van der Waals surface area contributed by atoms with E-state index >= 15 is 0 Å². The monoisotopic (exact) mass is 297 g/mol. The Morgan fingerprint density at radius 1 is 1.18 bits per heavy atom. The van der Waals surface area contributed by atoms with Crippen LogP contribution in [0.25, 0.3) is 0 Å². The van der Waals surface area contributed by atoms with Crippen molar-refractivity contribution >= 4 is 11.9 Å². The zero-order valence-electron chi connectivity index (χ0n) is 11.8. The third kappa shape index (κ3) is 3.73. The summed E-state index contributed by atoms with van der Waals surface area (Å²) >= 11 is 0. The standard InChI is InChI=1S/C17H15NO4/c1-2-10-18-17(21)22-13-8-9-14(15(19)11-13)16(20)12-6-4-3-5-7-12/h2-9,11,19H,1,10H2,(H,18,21). The van der Waals surface area contributed by atoms with Gasteiger partial charge in [-0.15, -0.1) is 6.58 Å². The predicted molar refractivity (Wildman–Crippen MR) is 82.2 cm³/mol. The predicted octanol–water partition coefficient (Wildman–Crippen LogP) is 2.90. The summed E-state index contributed by atoms with van der Waals surface area (Å²) in [5.74, 6) is -0.410. The molecule has 0 saturated carbocycles. The summed E-state index contributed by atoms with van der Waals surface area (Å²) < 4.78 is 4.97. The summed E-state index contributed by atoms with van der Waals surface area (Å²) in [5, 5.41) is 12.4. The zero-order chi connectivity index (χ0) is 15.9. The molecule has 0 saturated heterocycles. The number of aromatic hydroxyl groups is 1. The second-order valence-electron chi connectivity index (χ2n) is 4.43. The lowest BCUT2D eigenvalue weighted by Gasteiger charge is -2.08. The van der Waals surface area contributed by atoms with Gasteiger partial charge < -0.3 is 15.2 Å². The number of benzene rings is 2. The van der Waals surface area contributed by atoms with E-state index in [2.05, 4.69) is 11.9 Å². The molecule has 0 aliphatic heterocycles. The quantitative estimate of drug-likeness (QED) is 0.657. The lowest BCUT2D eigenvalue weighted by Crippen LogP contribution is -2.26. The van der Waals surface area contributed by atoms with Crippen molar-refractivity contribution in [1.29, 1.82) is 0 Å². The Balaban J connectivity index is 2.14. The van der Waals surface area contributed by atoms with Crippen LogP contribution in [0.5, 0.6) is 11.5 Å². The van der Waals surface area contributed by atoms with Crippen LogP contribution in [-0.2, 0) is 0 Å². The summed E-state index contributed by atoms with van der Waals surface area (Å²) in [7, 11) is 0. The van der Waals surface area contributed by atoms with Crippen molar-refractivity contribution < 1.29 is 19.4 Å². The number of carbonyl (C=O) groups is 2. The Hall–Kier alpha value is -3.08. The van der Waals surface area contributed by atoms with Gasteiger partial charge in [0.1, 0.15) is 11.5 Å². The Labute approximate surface area is 127 Å². The molecule has 0 radical (unpaired) electrons. The molecule has 0 unspecified atom stereocenters. The van der Waals surface area contributed by atoms with Crippen LogP contribution in [0.3, 0.4) is 0 Å². The molecule has 5 heteroatoms. The number of hydrogen-bond acceptors (Lipinski definition) is 4. The number of ether oxygens (including phenoxy) is 1. The van der Waals surface area contributed by atoms with Gasteiger partial charge in [-0.3, -0.25) is 4.79 Å². The fourth-order valence-electron chi connectivity index (χ4n) is 1.81. The van der Waals surface area contributed by atoms with E-state index in [9.17, 15) is 14.7 Å². The van der Waals surface area contributed by atoms with E-state index in [-0.39, 0.29) is 29.4 Å². The molecule has 0 spiro atoms. The highest BCUT2D eigenvalue weighted by Crippen LogP contribution is 2.25. The van der Waals surface area contributed by atoms with Crippen LogP contribution in [0, 0.1) is 0 Å². The number of rotatable bonds is 5. The summed E-state index contributed by atoms with van der Waals surface area (Å²) in [6.07, 6.45) is 0.849. The van der Waals surface area contributed by atoms with Crippen molar-refractivity contribution in [2.75, 3.05) is 6.54 Å². The number of phenols is 1. The molecule has 0 aromatic heterocycles. The molecule has 2 aromatic carbocycles. The van der Waals surface area contributed by atoms with E-state index in [0.717, 1.165) is 0 Å². The lowest BCUT2D eigenvalue weighted by atomic mass is 10.0. The number of carbonyl (C=O) groups excluding carboxylic acids is 2. The first-order chi connectivity index (χ1) is 10.6. The van der Waals surface area contributed by atoms with Crippen LogP contribution < -0.4 is 10.1 Å². The minimum Gasteiger partial charge on any atom is -0.507 e. The Morgan fingerprint density at radius 2 is 1.91 bits per heavy atom. The van der Waals surface area contributed by atoms with E-state index in [1.807, 2.05) is 0 Å². The maximum atomic E-state index is 12.3. The van der Waals surface area contributed by atoms with E-state index in [1.165, 1.54) is 24.3 Å². The molecule has 2 aromatic rings. The fraction of sp³-hybridized carbons (Fsp3) is 0.0588. The van der Waals surface area contributed by atoms with Gasteiger partial charge in [0.15, 0.2) is 5.78 Å². The Bertz CT molecular complexity index is 695. The Kier molecular flexibility index (Phi) is 4.93. The molecule has 0 aliphatic carbocycles. The molecular weight excluding hydrogens is 282 g/mol. The number of ketones is 1. The van der Waals surface area contributed by atoms with Gasteiger partial charge in [-0.05, 0) is 12.1 Å². The molecule has 2 N–H and O–H groups in total. The first-order valence-corrected chi connectivity index (χ1v) is 6.61. The smallest absolute Gasteiger partial charge is 0.412 e. The van der Waals surface area contributed by atoms with Gasteiger partial charge in [-0.25, -0.2) is 4.79 Å². The molecule has 0 aliphatic rings. The van der Waals surface area contributed by atoms with Gasteiger partial charge in [-0.1, -0.05) is 36.4 Å². The topological polar surface area (TPSA) is 75.6 Å². The van der Waals surface area contributed by atoms with E-state index in [4.69, 9.17) is 4.74 Å². The summed E-state index contributed by atoms with van der Waals surface area (Å²) in [6.45, 7) is 3.74. The molecule has 0 atom stereocenters. The zero-order valence-corrected chi connectivity index (χ0v) is 11.8. The van der Waals surface area contributed by atoms with Gasteiger partial charge in [-0.2, -0.15) is 0 Å². The van der Waals surface area contributed by atoms with Crippen molar-refractivity contribution in [2.24, 2.45) is 0 Å². The largest absolute Gasteiger partial charge is 0.507 e. The van der Waals surface area contributed by atoms with Crippen LogP contribution in [0.2, 0.25) is 0 Å². The van der Waals surface area contributed by atoms with Crippen molar-refractivity contribution in [3.8, 4) is 11.5 Å². The first kappa shape index (κ1) is 15.3. The number of amides is 1. The fourth-order valence-corrected chi connectivity index (χ4v) is 1.81. The second-order valence-corrected chi connectivity index (χ2v) is 4.43.